The van der Waals surface area contributed by atoms with Crippen molar-refractivity contribution in [1.29, 1.82) is 0 Å². The SMILES string of the molecule is C=CCC(C=C(C)C)C(C)C. The van der Waals surface area contributed by atoms with Gasteiger partial charge in [0.05, 0.1) is 0 Å². The summed E-state index contributed by atoms with van der Waals surface area (Å²) in [6.45, 7) is 12.6. The highest BCUT2D eigenvalue weighted by atomic mass is 14.1. The number of allylic oxidation sites excluding steroid dienone is 3. The molecule has 11 heavy (non-hydrogen) atoms. The maximum atomic E-state index is 3.76. The molecule has 0 amide bonds. The van der Waals surface area contributed by atoms with Gasteiger partial charge in [0.2, 0.25) is 0 Å². The summed E-state index contributed by atoms with van der Waals surface area (Å²) in [7, 11) is 0. The molecule has 0 aromatic heterocycles. The van der Waals surface area contributed by atoms with Gasteiger partial charge in [0.15, 0.2) is 0 Å². The fourth-order valence-corrected chi connectivity index (χ4v) is 1.15. The standard InChI is InChI=1S/C11H20/c1-6-7-11(10(4)5)8-9(2)3/h6,8,10-11H,1,7H2,2-5H3. The smallest absolute Gasteiger partial charge is 0.0173 e. The van der Waals surface area contributed by atoms with E-state index in [9.17, 15) is 0 Å². The lowest BCUT2D eigenvalue weighted by Gasteiger charge is -2.15. The first-order valence-corrected chi connectivity index (χ1v) is 4.33. The largest absolute Gasteiger partial charge is 0.103 e. The molecule has 0 aliphatic carbocycles. The maximum absolute atomic E-state index is 3.76. The molecule has 1 unspecified atom stereocenters. The Bertz CT molecular complexity index is 136. The summed E-state index contributed by atoms with van der Waals surface area (Å²) in [5.74, 6) is 1.40. The van der Waals surface area contributed by atoms with E-state index in [2.05, 4.69) is 40.3 Å². The van der Waals surface area contributed by atoms with Gasteiger partial charge in [0.1, 0.15) is 0 Å². The Hall–Kier alpha value is -0.520. The fourth-order valence-electron chi connectivity index (χ4n) is 1.15. The topological polar surface area (TPSA) is 0 Å². The normalized spacial score (nSPS) is 12.8. The Morgan fingerprint density at radius 1 is 1.36 bits per heavy atom. The van der Waals surface area contributed by atoms with E-state index in [0.29, 0.717) is 5.92 Å². The average molecular weight is 152 g/mol. The molecule has 0 aromatic carbocycles. The van der Waals surface area contributed by atoms with Crippen LogP contribution in [0.2, 0.25) is 0 Å². The van der Waals surface area contributed by atoms with E-state index in [1.807, 2.05) is 6.08 Å². The number of hydrogen-bond acceptors (Lipinski definition) is 0. The van der Waals surface area contributed by atoms with Crippen LogP contribution in [-0.4, -0.2) is 0 Å². The molecule has 0 bridgehead atoms. The van der Waals surface area contributed by atoms with Gasteiger partial charge in [0.25, 0.3) is 0 Å². The van der Waals surface area contributed by atoms with Gasteiger partial charge in [-0.15, -0.1) is 6.58 Å². The van der Waals surface area contributed by atoms with Crippen LogP contribution < -0.4 is 0 Å². The van der Waals surface area contributed by atoms with Crippen LogP contribution in [0, 0.1) is 11.8 Å². The molecular weight excluding hydrogens is 132 g/mol. The summed E-state index contributed by atoms with van der Waals surface area (Å²) in [5, 5.41) is 0. The zero-order valence-corrected chi connectivity index (χ0v) is 8.22. The molecule has 0 heteroatoms. The summed E-state index contributed by atoms with van der Waals surface area (Å²) < 4.78 is 0. The third kappa shape index (κ3) is 4.83. The van der Waals surface area contributed by atoms with E-state index in [1.165, 1.54) is 5.57 Å². The van der Waals surface area contributed by atoms with Gasteiger partial charge in [-0.3, -0.25) is 0 Å². The molecule has 0 nitrogen and oxygen atoms in total. The van der Waals surface area contributed by atoms with E-state index in [4.69, 9.17) is 0 Å². The summed E-state index contributed by atoms with van der Waals surface area (Å²) in [5.41, 5.74) is 1.41. The van der Waals surface area contributed by atoms with Crippen molar-refractivity contribution in [3.63, 3.8) is 0 Å². The quantitative estimate of drug-likeness (QED) is 0.537. The van der Waals surface area contributed by atoms with Gasteiger partial charge in [-0.05, 0) is 32.1 Å². The lowest BCUT2D eigenvalue weighted by molar-refractivity contribution is 0.468. The van der Waals surface area contributed by atoms with Crippen molar-refractivity contribution in [2.24, 2.45) is 11.8 Å². The molecule has 0 saturated heterocycles. The van der Waals surface area contributed by atoms with Gasteiger partial charge in [-0.2, -0.15) is 0 Å². The predicted molar refractivity (Wildman–Crippen MR) is 52.6 cm³/mol. The summed E-state index contributed by atoms with van der Waals surface area (Å²) in [6, 6.07) is 0. The molecule has 0 radical (unpaired) electrons. The lowest BCUT2D eigenvalue weighted by atomic mass is 9.91. The van der Waals surface area contributed by atoms with Crippen LogP contribution in [0.4, 0.5) is 0 Å². The minimum Gasteiger partial charge on any atom is -0.103 e. The molecule has 0 heterocycles. The van der Waals surface area contributed by atoms with E-state index in [-0.39, 0.29) is 0 Å². The highest BCUT2D eigenvalue weighted by Crippen LogP contribution is 2.18. The van der Waals surface area contributed by atoms with E-state index >= 15 is 0 Å². The molecule has 0 N–H and O–H groups in total. The molecule has 1 atom stereocenters. The second-order valence-electron chi connectivity index (χ2n) is 3.68. The van der Waals surface area contributed by atoms with Gasteiger partial charge < -0.3 is 0 Å². The summed E-state index contributed by atoms with van der Waals surface area (Å²) in [4.78, 5) is 0. The van der Waals surface area contributed by atoms with E-state index < -0.39 is 0 Å². The first-order chi connectivity index (χ1) is 5.07. The maximum Gasteiger partial charge on any atom is -0.0173 e. The van der Waals surface area contributed by atoms with Crippen LogP contribution in [0.15, 0.2) is 24.3 Å². The molecule has 64 valence electrons. The molecule has 0 aliphatic heterocycles. The molecule has 0 aliphatic rings. The second-order valence-corrected chi connectivity index (χ2v) is 3.68. The van der Waals surface area contributed by atoms with Gasteiger partial charge >= 0.3 is 0 Å². The van der Waals surface area contributed by atoms with Crippen molar-refractivity contribution in [2.45, 2.75) is 34.1 Å². The van der Waals surface area contributed by atoms with Crippen molar-refractivity contribution in [2.75, 3.05) is 0 Å². The first kappa shape index (κ1) is 10.5. The van der Waals surface area contributed by atoms with Crippen molar-refractivity contribution >= 4 is 0 Å². The monoisotopic (exact) mass is 152 g/mol. The highest BCUT2D eigenvalue weighted by molar-refractivity contribution is 4.99. The van der Waals surface area contributed by atoms with E-state index in [1.54, 1.807) is 0 Å². The van der Waals surface area contributed by atoms with Crippen LogP contribution >= 0.6 is 0 Å². The van der Waals surface area contributed by atoms with Gasteiger partial charge in [0, 0.05) is 0 Å². The van der Waals surface area contributed by atoms with Crippen molar-refractivity contribution < 1.29 is 0 Å². The predicted octanol–water partition coefficient (Wildman–Crippen LogP) is 3.80. The molecule has 0 saturated carbocycles. The van der Waals surface area contributed by atoms with Gasteiger partial charge in [-0.25, -0.2) is 0 Å². The molecule has 0 rings (SSSR count). The summed E-state index contributed by atoms with van der Waals surface area (Å²) >= 11 is 0. The van der Waals surface area contributed by atoms with Crippen molar-refractivity contribution in [3.05, 3.63) is 24.3 Å². The molecular formula is C11H20. The Kier molecular flexibility index (Phi) is 4.93. The molecule has 0 aromatic rings. The van der Waals surface area contributed by atoms with Crippen molar-refractivity contribution in [1.82, 2.24) is 0 Å². The van der Waals surface area contributed by atoms with Crippen LogP contribution in [-0.2, 0) is 0 Å². The van der Waals surface area contributed by atoms with Crippen LogP contribution in [0.25, 0.3) is 0 Å². The van der Waals surface area contributed by atoms with Crippen LogP contribution in [0.5, 0.6) is 0 Å². The Morgan fingerprint density at radius 3 is 2.18 bits per heavy atom. The zero-order valence-electron chi connectivity index (χ0n) is 8.22. The van der Waals surface area contributed by atoms with E-state index in [0.717, 1.165) is 12.3 Å². The number of hydrogen-bond donors (Lipinski definition) is 0. The zero-order chi connectivity index (χ0) is 8.85. The van der Waals surface area contributed by atoms with Crippen molar-refractivity contribution in [3.8, 4) is 0 Å². The Balaban J connectivity index is 4.10. The summed E-state index contributed by atoms with van der Waals surface area (Å²) in [6.07, 6.45) is 5.44. The lowest BCUT2D eigenvalue weighted by Crippen LogP contribution is -2.04. The van der Waals surface area contributed by atoms with Gasteiger partial charge in [-0.1, -0.05) is 31.6 Å². The molecule has 0 fully saturated rings. The van der Waals surface area contributed by atoms with Crippen LogP contribution in [0.1, 0.15) is 34.1 Å². The minimum atomic E-state index is 0.678. The van der Waals surface area contributed by atoms with Crippen LogP contribution in [0.3, 0.4) is 0 Å². The number of rotatable bonds is 4. The fraction of sp³-hybridized carbons (Fsp3) is 0.636. The third-order valence-corrected chi connectivity index (χ3v) is 1.84. The highest BCUT2D eigenvalue weighted by Gasteiger charge is 2.07. The third-order valence-electron chi connectivity index (χ3n) is 1.84. The second kappa shape index (κ2) is 5.17. The first-order valence-electron chi connectivity index (χ1n) is 4.33. The molecule has 0 spiro atoms. The average Bonchev–Trinajstić information content (AvgIpc) is 1.86. The minimum absolute atomic E-state index is 0.678. The Morgan fingerprint density at radius 2 is 1.91 bits per heavy atom. The Labute approximate surface area is 71.0 Å².